The van der Waals surface area contributed by atoms with E-state index in [4.69, 9.17) is 4.74 Å². The van der Waals surface area contributed by atoms with Gasteiger partial charge in [0.25, 0.3) is 0 Å². The van der Waals surface area contributed by atoms with Crippen LogP contribution in [0, 0.1) is 5.92 Å². The summed E-state index contributed by atoms with van der Waals surface area (Å²) in [4.78, 5) is 4.99. The van der Waals surface area contributed by atoms with Crippen LogP contribution in [0.2, 0.25) is 0 Å². The molecule has 0 radical (unpaired) electrons. The van der Waals surface area contributed by atoms with Crippen molar-refractivity contribution in [2.24, 2.45) is 5.92 Å². The van der Waals surface area contributed by atoms with Crippen molar-refractivity contribution in [3.05, 3.63) is 179 Å². The lowest BCUT2D eigenvalue weighted by Gasteiger charge is -2.38. The van der Waals surface area contributed by atoms with Gasteiger partial charge in [0.15, 0.2) is 0 Å². The molecule has 9 rings (SSSR count). The standard InChI is InChI=1S/C53H50N2O/c1-8-18-39-35(5)38-20-12-15-25-46(38)55(49(19-9-2)52(39)34(3)4)37-29-31-51-45(33-37)53(6,7)44-32-36(28-30-50(44)56-51)54-47-26-16-13-23-42(47)40-21-10-11-22-41(40)43-24-14-17-27-48(43)54/h8,10-18,20-34H,9,19H2,1-7H3/b18-8-. The number of anilines is 5. The normalized spacial score (nSPS) is 15.4. The highest BCUT2D eigenvalue weighted by molar-refractivity contribution is 6.02. The molecule has 6 aromatic rings. The van der Waals surface area contributed by atoms with E-state index in [9.17, 15) is 0 Å². The molecule has 0 fully saturated rings. The number of benzene rings is 6. The first-order chi connectivity index (χ1) is 27.2. The summed E-state index contributed by atoms with van der Waals surface area (Å²) in [7, 11) is 0. The second kappa shape index (κ2) is 13.9. The lowest BCUT2D eigenvalue weighted by molar-refractivity contribution is 0.418. The number of nitrogens with zero attached hydrogens (tertiary/aromatic N) is 2. The third kappa shape index (κ3) is 5.55. The molecule has 3 nitrogen and oxygen atoms in total. The maximum Gasteiger partial charge on any atom is 0.131 e. The van der Waals surface area contributed by atoms with Gasteiger partial charge in [-0.1, -0.05) is 132 Å². The molecule has 0 bridgehead atoms. The molecule has 0 unspecified atom stereocenters. The number of para-hydroxylation sites is 3. The van der Waals surface area contributed by atoms with E-state index in [2.05, 4.69) is 204 Å². The molecule has 3 aliphatic rings. The summed E-state index contributed by atoms with van der Waals surface area (Å²) in [6.07, 6.45) is 6.53. The fourth-order valence-electron chi connectivity index (χ4n) is 9.44. The maximum atomic E-state index is 6.84. The van der Waals surface area contributed by atoms with E-state index in [0.29, 0.717) is 5.92 Å². The Kier molecular flexibility index (Phi) is 8.85. The molecule has 3 heterocycles. The quantitative estimate of drug-likeness (QED) is 0.169. The molecule has 0 amide bonds. The molecule has 0 atom stereocenters. The minimum absolute atomic E-state index is 0.347. The summed E-state index contributed by atoms with van der Waals surface area (Å²) in [6, 6.07) is 48.9. The van der Waals surface area contributed by atoms with Gasteiger partial charge in [-0.3, -0.25) is 0 Å². The molecular formula is C53H50N2O. The van der Waals surface area contributed by atoms with Gasteiger partial charge in [-0.2, -0.15) is 0 Å². The molecule has 6 aromatic carbocycles. The maximum absolute atomic E-state index is 6.84. The minimum atomic E-state index is -0.353. The van der Waals surface area contributed by atoms with Crippen LogP contribution in [0.1, 0.15) is 78.0 Å². The average Bonchev–Trinajstić information content (AvgIpc) is 3.40. The molecule has 0 saturated heterocycles. The van der Waals surface area contributed by atoms with Crippen molar-refractivity contribution in [1.29, 1.82) is 0 Å². The molecule has 0 saturated carbocycles. The summed E-state index contributed by atoms with van der Waals surface area (Å²) in [6.45, 7) is 16.1. The van der Waals surface area contributed by atoms with Crippen LogP contribution in [-0.4, -0.2) is 0 Å². The Morgan fingerprint density at radius 3 is 1.57 bits per heavy atom. The predicted octanol–water partition coefficient (Wildman–Crippen LogP) is 15.4. The molecule has 0 spiro atoms. The number of fused-ring (bicyclic) bond motifs is 8. The first kappa shape index (κ1) is 35.6. The number of ether oxygens (including phenoxy) is 1. The predicted molar refractivity (Wildman–Crippen MR) is 237 cm³/mol. The third-order valence-corrected chi connectivity index (χ3v) is 12.0. The van der Waals surface area contributed by atoms with Crippen molar-refractivity contribution in [1.82, 2.24) is 0 Å². The summed E-state index contributed by atoms with van der Waals surface area (Å²) < 4.78 is 6.84. The Morgan fingerprint density at radius 1 is 0.607 bits per heavy atom. The first-order valence-electron chi connectivity index (χ1n) is 20.2. The molecule has 0 aromatic heterocycles. The monoisotopic (exact) mass is 730 g/mol. The second-order valence-corrected chi connectivity index (χ2v) is 16.2. The van der Waals surface area contributed by atoms with E-state index in [1.807, 2.05) is 0 Å². The fourth-order valence-corrected chi connectivity index (χ4v) is 9.44. The van der Waals surface area contributed by atoms with Crippen LogP contribution in [0.5, 0.6) is 11.5 Å². The van der Waals surface area contributed by atoms with Crippen LogP contribution in [-0.2, 0) is 5.41 Å². The van der Waals surface area contributed by atoms with Gasteiger partial charge < -0.3 is 14.5 Å². The molecule has 56 heavy (non-hydrogen) atoms. The smallest absolute Gasteiger partial charge is 0.131 e. The average molecular weight is 731 g/mol. The van der Waals surface area contributed by atoms with E-state index in [-0.39, 0.29) is 5.41 Å². The number of hydrogen-bond acceptors (Lipinski definition) is 3. The second-order valence-electron chi connectivity index (χ2n) is 16.2. The van der Waals surface area contributed by atoms with E-state index in [1.165, 1.54) is 78.4 Å². The summed E-state index contributed by atoms with van der Waals surface area (Å²) in [5.41, 5.74) is 19.5. The highest BCUT2D eigenvalue weighted by Gasteiger charge is 2.37. The zero-order valence-corrected chi connectivity index (χ0v) is 33.7. The highest BCUT2D eigenvalue weighted by Crippen LogP contribution is 2.55. The van der Waals surface area contributed by atoms with Gasteiger partial charge >= 0.3 is 0 Å². The van der Waals surface area contributed by atoms with Crippen molar-refractivity contribution in [2.75, 3.05) is 9.80 Å². The number of hydrogen-bond donors (Lipinski definition) is 0. The zero-order valence-electron chi connectivity index (χ0n) is 33.7. The molecule has 3 heteroatoms. The van der Waals surface area contributed by atoms with Crippen molar-refractivity contribution in [3.63, 3.8) is 0 Å². The van der Waals surface area contributed by atoms with Gasteiger partial charge in [0.05, 0.1) is 17.1 Å². The number of rotatable bonds is 6. The van der Waals surface area contributed by atoms with Crippen LogP contribution < -0.4 is 14.5 Å². The van der Waals surface area contributed by atoms with Crippen molar-refractivity contribution in [2.45, 2.75) is 66.7 Å². The Morgan fingerprint density at radius 2 is 1.07 bits per heavy atom. The van der Waals surface area contributed by atoms with Crippen LogP contribution >= 0.6 is 0 Å². The van der Waals surface area contributed by atoms with E-state index < -0.39 is 0 Å². The third-order valence-electron chi connectivity index (χ3n) is 12.0. The summed E-state index contributed by atoms with van der Waals surface area (Å²) in [5.74, 6) is 2.17. The van der Waals surface area contributed by atoms with Crippen molar-refractivity contribution < 1.29 is 4.74 Å². The number of allylic oxidation sites excluding steroid dienone is 6. The minimum Gasteiger partial charge on any atom is -0.457 e. The van der Waals surface area contributed by atoms with Crippen LogP contribution in [0.4, 0.5) is 28.4 Å². The van der Waals surface area contributed by atoms with Gasteiger partial charge in [-0.05, 0) is 109 Å². The topological polar surface area (TPSA) is 15.7 Å². The first-order valence-corrected chi connectivity index (χ1v) is 20.2. The molecule has 3 aliphatic heterocycles. The molecule has 278 valence electrons. The van der Waals surface area contributed by atoms with Gasteiger partial charge in [-0.25, -0.2) is 0 Å². The van der Waals surface area contributed by atoms with Crippen molar-refractivity contribution >= 4 is 34.0 Å². The van der Waals surface area contributed by atoms with Gasteiger partial charge in [0, 0.05) is 50.3 Å². The summed E-state index contributed by atoms with van der Waals surface area (Å²) >= 11 is 0. The zero-order chi connectivity index (χ0) is 38.7. The summed E-state index contributed by atoms with van der Waals surface area (Å²) in [5, 5.41) is 0. The van der Waals surface area contributed by atoms with Crippen molar-refractivity contribution in [3.8, 4) is 33.8 Å². The lowest BCUT2D eigenvalue weighted by Crippen LogP contribution is -2.26. The Balaban J connectivity index is 1.21. The lowest BCUT2D eigenvalue weighted by atomic mass is 9.75. The Bertz CT molecular complexity index is 2550. The van der Waals surface area contributed by atoms with Gasteiger partial charge in [0.2, 0.25) is 0 Å². The Hall–Kier alpha value is -6.06. The molecular weight excluding hydrogens is 681 g/mol. The van der Waals surface area contributed by atoms with Crippen LogP contribution in [0.15, 0.2) is 162 Å². The Labute approximate surface area is 332 Å². The largest absolute Gasteiger partial charge is 0.457 e. The highest BCUT2D eigenvalue weighted by atomic mass is 16.5. The molecule has 0 N–H and O–H groups in total. The van der Waals surface area contributed by atoms with Gasteiger partial charge in [0.1, 0.15) is 11.5 Å². The van der Waals surface area contributed by atoms with Crippen LogP contribution in [0.25, 0.3) is 27.8 Å². The van der Waals surface area contributed by atoms with E-state index in [0.717, 1.165) is 35.7 Å². The fraction of sp³-hybridized carbons (Fsp3) is 0.208. The molecule has 0 aliphatic carbocycles. The van der Waals surface area contributed by atoms with Crippen LogP contribution in [0.3, 0.4) is 0 Å². The van der Waals surface area contributed by atoms with Gasteiger partial charge in [-0.15, -0.1) is 0 Å². The SMILES string of the molecule is C/C=C\C1=C(C)c2ccccc2N(c2ccc3c(c2)C(C)(C)c2cc(N4c5ccccc5-c5ccccc5-c5ccccc54)ccc2O3)C(CCC)=C1C(C)C. The van der Waals surface area contributed by atoms with E-state index >= 15 is 0 Å². The van der Waals surface area contributed by atoms with E-state index in [1.54, 1.807) is 0 Å².